The molecular weight excluding hydrogens is 388 g/mol. The van der Waals surface area contributed by atoms with E-state index in [1.165, 1.54) is 9.47 Å². The van der Waals surface area contributed by atoms with Crippen LogP contribution in [0, 0.1) is 11.8 Å². The van der Waals surface area contributed by atoms with E-state index in [2.05, 4.69) is 4.98 Å². The molecule has 0 aliphatic heterocycles. The predicted molar refractivity (Wildman–Crippen MR) is 112 cm³/mol. The second-order valence-electron chi connectivity index (χ2n) is 7.54. The van der Waals surface area contributed by atoms with Crippen molar-refractivity contribution >= 4 is 23.4 Å². The van der Waals surface area contributed by atoms with Gasteiger partial charge in [-0.25, -0.2) is 4.79 Å². The normalized spacial score (nSPS) is 17.4. The molecule has 1 aromatic heterocycles. The van der Waals surface area contributed by atoms with Crippen molar-refractivity contribution < 1.29 is 14.3 Å². The number of benzene rings is 1. The average Bonchev–Trinajstić information content (AvgIpc) is 3.45. The number of H-pyrrole nitrogens is 1. The lowest BCUT2D eigenvalue weighted by molar-refractivity contribution is -0.149. The zero-order chi connectivity index (χ0) is 21.8. The van der Waals surface area contributed by atoms with E-state index in [0.29, 0.717) is 6.42 Å². The van der Waals surface area contributed by atoms with Gasteiger partial charge >= 0.3 is 11.7 Å². The van der Waals surface area contributed by atoms with Gasteiger partial charge in [-0.3, -0.25) is 23.9 Å². The average molecular weight is 414 g/mol. The summed E-state index contributed by atoms with van der Waals surface area (Å²) in [7, 11) is 0. The molecular formula is C21H26N4O5. The highest BCUT2D eigenvalue weighted by atomic mass is 16.5. The molecule has 1 amide bonds. The maximum atomic E-state index is 12.8. The molecule has 1 aromatic carbocycles. The first-order valence-electron chi connectivity index (χ1n) is 9.97. The number of hydrogen-bond acceptors (Lipinski definition) is 6. The second-order valence-corrected chi connectivity index (χ2v) is 7.54. The van der Waals surface area contributed by atoms with E-state index in [9.17, 15) is 19.2 Å². The van der Waals surface area contributed by atoms with Gasteiger partial charge in [0.15, 0.2) is 12.3 Å². The molecule has 0 radical (unpaired) electrons. The minimum atomic E-state index is -0.759. The Balaban J connectivity index is 1.88. The van der Waals surface area contributed by atoms with Crippen LogP contribution in [0.25, 0.3) is 0 Å². The van der Waals surface area contributed by atoms with E-state index in [-0.39, 0.29) is 36.4 Å². The van der Waals surface area contributed by atoms with Crippen LogP contribution in [0.15, 0.2) is 39.9 Å². The minimum Gasteiger partial charge on any atom is -0.455 e. The van der Waals surface area contributed by atoms with Crippen LogP contribution in [0.4, 0.5) is 11.5 Å². The second kappa shape index (κ2) is 8.98. The third kappa shape index (κ3) is 4.61. The van der Waals surface area contributed by atoms with Gasteiger partial charge in [0, 0.05) is 6.54 Å². The molecule has 1 fully saturated rings. The number of nitrogens with one attached hydrogen (secondary N) is 1. The number of anilines is 2. The summed E-state index contributed by atoms with van der Waals surface area (Å²) in [5.74, 6) is -1.00. The smallest absolute Gasteiger partial charge is 0.330 e. The monoisotopic (exact) mass is 414 g/mol. The summed E-state index contributed by atoms with van der Waals surface area (Å²) in [5, 5.41) is 0. The molecule has 9 heteroatoms. The van der Waals surface area contributed by atoms with Crippen LogP contribution in [0.5, 0.6) is 0 Å². The van der Waals surface area contributed by atoms with Crippen LogP contribution < -0.4 is 21.9 Å². The summed E-state index contributed by atoms with van der Waals surface area (Å²) in [5.41, 5.74) is 5.45. The first-order chi connectivity index (χ1) is 14.3. The van der Waals surface area contributed by atoms with Gasteiger partial charge in [0.1, 0.15) is 5.82 Å². The Kier molecular flexibility index (Phi) is 6.39. The minimum absolute atomic E-state index is 0.114. The molecule has 1 aliphatic carbocycles. The van der Waals surface area contributed by atoms with E-state index in [4.69, 9.17) is 10.5 Å². The van der Waals surface area contributed by atoms with Gasteiger partial charge in [-0.1, -0.05) is 44.2 Å². The van der Waals surface area contributed by atoms with Crippen molar-refractivity contribution in [2.45, 2.75) is 33.2 Å². The van der Waals surface area contributed by atoms with E-state index >= 15 is 0 Å². The number of carbonyl (C=O) groups is 2. The van der Waals surface area contributed by atoms with Crippen molar-refractivity contribution in [2.75, 3.05) is 23.8 Å². The van der Waals surface area contributed by atoms with Crippen LogP contribution in [0.1, 0.15) is 32.3 Å². The molecule has 160 valence electrons. The molecule has 0 saturated heterocycles. The molecule has 9 nitrogen and oxygen atoms in total. The molecule has 30 heavy (non-hydrogen) atoms. The first-order valence-corrected chi connectivity index (χ1v) is 9.97. The van der Waals surface area contributed by atoms with Gasteiger partial charge < -0.3 is 15.4 Å². The molecule has 1 saturated carbocycles. The fourth-order valence-electron chi connectivity index (χ4n) is 3.31. The van der Waals surface area contributed by atoms with Gasteiger partial charge in [0.2, 0.25) is 0 Å². The lowest BCUT2D eigenvalue weighted by atomic mass is 10.2. The van der Waals surface area contributed by atoms with Gasteiger partial charge in [0.25, 0.3) is 11.5 Å². The van der Waals surface area contributed by atoms with Gasteiger partial charge in [-0.15, -0.1) is 0 Å². The van der Waals surface area contributed by atoms with E-state index in [0.717, 1.165) is 12.0 Å². The number of aromatic amines is 1. The maximum absolute atomic E-state index is 12.8. The van der Waals surface area contributed by atoms with Crippen LogP contribution in [0.3, 0.4) is 0 Å². The Morgan fingerprint density at radius 2 is 1.93 bits per heavy atom. The SMILES string of the molecule is CCCN(C(=O)COC(=O)[C@H]1C[C@H]1C)c1c(N)n(Cc2ccccc2)c(=O)[nH]c1=O. The summed E-state index contributed by atoms with van der Waals surface area (Å²) in [4.78, 5) is 53.0. The molecule has 2 aromatic rings. The summed E-state index contributed by atoms with van der Waals surface area (Å²) >= 11 is 0. The number of nitrogen functional groups attached to an aromatic ring is 1. The molecule has 2 atom stereocenters. The highest BCUT2D eigenvalue weighted by Crippen LogP contribution is 2.38. The summed E-state index contributed by atoms with van der Waals surface area (Å²) in [6.07, 6.45) is 1.29. The summed E-state index contributed by atoms with van der Waals surface area (Å²) in [6.45, 7) is 3.61. The number of amides is 1. The van der Waals surface area contributed by atoms with Crippen LogP contribution >= 0.6 is 0 Å². The zero-order valence-electron chi connectivity index (χ0n) is 17.1. The summed E-state index contributed by atoms with van der Waals surface area (Å²) in [6, 6.07) is 9.14. The number of esters is 1. The third-order valence-electron chi connectivity index (χ3n) is 5.17. The third-order valence-corrected chi connectivity index (χ3v) is 5.17. The fraction of sp³-hybridized carbons (Fsp3) is 0.429. The molecule has 3 N–H and O–H groups in total. The highest BCUT2D eigenvalue weighted by Gasteiger charge is 2.41. The number of nitrogens with zero attached hydrogens (tertiary/aromatic N) is 2. The van der Waals surface area contributed by atoms with Crippen molar-refractivity contribution in [2.24, 2.45) is 11.8 Å². The molecule has 1 aliphatic rings. The number of aromatic nitrogens is 2. The topological polar surface area (TPSA) is 127 Å². The van der Waals surface area contributed by atoms with Crippen molar-refractivity contribution in [3.8, 4) is 0 Å². The van der Waals surface area contributed by atoms with Gasteiger partial charge in [0.05, 0.1) is 12.5 Å². The lowest BCUT2D eigenvalue weighted by Crippen LogP contribution is -2.43. The van der Waals surface area contributed by atoms with Crippen molar-refractivity contribution in [1.29, 1.82) is 0 Å². The van der Waals surface area contributed by atoms with Gasteiger partial charge in [-0.2, -0.15) is 0 Å². The maximum Gasteiger partial charge on any atom is 0.330 e. The van der Waals surface area contributed by atoms with E-state index in [1.807, 2.05) is 44.2 Å². The standard InChI is InChI=1S/C21H26N4O5/c1-3-9-24(16(26)12-30-20(28)15-10-13(15)2)17-18(22)25(21(29)23-19(17)27)11-14-7-5-4-6-8-14/h4-8,13,15H,3,9-12,22H2,1-2H3,(H,23,27,29)/t13-,15+/m1/s1. The number of ether oxygens (including phenoxy) is 1. The predicted octanol–water partition coefficient (Wildman–Crippen LogP) is 1.11. The van der Waals surface area contributed by atoms with Crippen LogP contribution in [-0.2, 0) is 20.9 Å². The van der Waals surface area contributed by atoms with E-state index < -0.39 is 29.7 Å². The molecule has 0 bridgehead atoms. The highest BCUT2D eigenvalue weighted by molar-refractivity contribution is 5.97. The molecule has 0 spiro atoms. The van der Waals surface area contributed by atoms with Crippen molar-refractivity contribution in [3.05, 3.63) is 56.7 Å². The Hall–Kier alpha value is -3.36. The Morgan fingerprint density at radius 3 is 2.53 bits per heavy atom. The lowest BCUT2D eigenvalue weighted by Gasteiger charge is -2.24. The number of rotatable bonds is 8. The van der Waals surface area contributed by atoms with Crippen LogP contribution in [-0.4, -0.2) is 34.6 Å². The largest absolute Gasteiger partial charge is 0.455 e. The Labute approximate surface area is 173 Å². The van der Waals surface area contributed by atoms with Crippen LogP contribution in [0.2, 0.25) is 0 Å². The number of nitrogens with two attached hydrogens (primary N) is 1. The van der Waals surface area contributed by atoms with Crippen molar-refractivity contribution in [3.63, 3.8) is 0 Å². The first kappa shape index (κ1) is 21.4. The van der Waals surface area contributed by atoms with Gasteiger partial charge in [-0.05, 0) is 24.3 Å². The quantitative estimate of drug-likeness (QED) is 0.623. The molecule has 1 heterocycles. The van der Waals surface area contributed by atoms with Crippen molar-refractivity contribution in [1.82, 2.24) is 9.55 Å². The number of hydrogen-bond donors (Lipinski definition) is 2. The Bertz CT molecular complexity index is 1040. The number of carbonyl (C=O) groups excluding carboxylic acids is 2. The van der Waals surface area contributed by atoms with E-state index in [1.54, 1.807) is 0 Å². The molecule has 0 unspecified atom stereocenters. The summed E-state index contributed by atoms with van der Waals surface area (Å²) < 4.78 is 6.33. The molecule has 3 rings (SSSR count). The fourth-order valence-corrected chi connectivity index (χ4v) is 3.31. The Morgan fingerprint density at radius 1 is 1.27 bits per heavy atom. The zero-order valence-corrected chi connectivity index (χ0v) is 17.1.